The van der Waals surface area contributed by atoms with Crippen molar-refractivity contribution in [2.45, 2.75) is 26.4 Å². The van der Waals surface area contributed by atoms with E-state index >= 15 is 0 Å². The Hall–Kier alpha value is -3.39. The molecule has 2 aromatic heterocycles. The molecule has 0 aliphatic carbocycles. The van der Waals surface area contributed by atoms with Gasteiger partial charge in [-0.05, 0) is 53.2 Å². The Bertz CT molecular complexity index is 1080. The highest BCUT2D eigenvalue weighted by molar-refractivity contribution is 7.03. The lowest BCUT2D eigenvalue weighted by atomic mass is 9.94. The van der Waals surface area contributed by atoms with E-state index < -0.39 is 0 Å². The topological polar surface area (TPSA) is 88.1 Å². The number of amides is 2. The molecule has 152 valence electrons. The lowest BCUT2D eigenvalue weighted by molar-refractivity contribution is -0.116. The van der Waals surface area contributed by atoms with E-state index in [9.17, 15) is 9.59 Å². The number of carbonyl (C=O) groups is 2. The number of benzene rings is 1. The zero-order chi connectivity index (χ0) is 20.9. The molecular weight excluding hydrogens is 398 g/mol. The second-order valence-electron chi connectivity index (χ2n) is 7.05. The van der Waals surface area contributed by atoms with Crippen LogP contribution in [0.3, 0.4) is 0 Å². The van der Waals surface area contributed by atoms with Crippen LogP contribution >= 0.6 is 11.5 Å². The summed E-state index contributed by atoms with van der Waals surface area (Å²) < 4.78 is 3.77. The Morgan fingerprint density at radius 2 is 2.10 bits per heavy atom. The minimum atomic E-state index is -0.153. The predicted molar refractivity (Wildman–Crippen MR) is 115 cm³/mol. The van der Waals surface area contributed by atoms with Gasteiger partial charge in [0.15, 0.2) is 5.69 Å². The first-order chi connectivity index (χ1) is 14.6. The van der Waals surface area contributed by atoms with Crippen molar-refractivity contribution in [2.24, 2.45) is 0 Å². The van der Waals surface area contributed by atoms with Gasteiger partial charge in [-0.1, -0.05) is 34.8 Å². The lowest BCUT2D eigenvalue weighted by Gasteiger charge is -2.30. The van der Waals surface area contributed by atoms with Crippen molar-refractivity contribution >= 4 is 29.4 Å². The number of nitrogens with zero attached hydrogens (tertiary/aromatic N) is 4. The van der Waals surface area contributed by atoms with Gasteiger partial charge in [0.25, 0.3) is 5.91 Å². The molecule has 3 heterocycles. The molecule has 7 nitrogen and oxygen atoms in total. The van der Waals surface area contributed by atoms with E-state index in [0.717, 1.165) is 27.9 Å². The summed E-state index contributed by atoms with van der Waals surface area (Å²) in [6.07, 6.45) is 5.87. The summed E-state index contributed by atoms with van der Waals surface area (Å²) in [5.74, 6) is -0.268. The molecule has 1 aliphatic heterocycles. The van der Waals surface area contributed by atoms with Crippen molar-refractivity contribution < 1.29 is 9.59 Å². The van der Waals surface area contributed by atoms with Crippen LogP contribution in [0, 0.1) is 6.92 Å². The molecule has 0 radical (unpaired) electrons. The Kier molecular flexibility index (Phi) is 5.94. The van der Waals surface area contributed by atoms with Gasteiger partial charge in [-0.25, -0.2) is 0 Å². The average molecular weight is 420 g/mol. The van der Waals surface area contributed by atoms with Gasteiger partial charge in [0, 0.05) is 43.0 Å². The number of rotatable bonds is 5. The zero-order valence-corrected chi connectivity index (χ0v) is 17.4. The van der Waals surface area contributed by atoms with E-state index in [1.807, 2.05) is 43.5 Å². The number of pyridine rings is 1. The van der Waals surface area contributed by atoms with Crippen molar-refractivity contribution in [3.63, 3.8) is 0 Å². The van der Waals surface area contributed by atoms with Crippen molar-refractivity contribution in [2.75, 3.05) is 6.54 Å². The quantitative estimate of drug-likeness (QED) is 0.643. The van der Waals surface area contributed by atoms with Crippen LogP contribution in [0.15, 0.2) is 48.0 Å². The smallest absolute Gasteiger partial charge is 0.275 e. The van der Waals surface area contributed by atoms with Gasteiger partial charge < -0.3 is 10.2 Å². The van der Waals surface area contributed by atoms with Gasteiger partial charge in [-0.2, -0.15) is 0 Å². The number of aromatic nitrogens is 3. The molecule has 1 N–H and O–H groups in total. The Balaban J connectivity index is 1.44. The maximum atomic E-state index is 12.6. The number of nitrogens with one attached hydrogen (secondary N) is 1. The highest BCUT2D eigenvalue weighted by Crippen LogP contribution is 2.25. The number of hydrogen-bond donors (Lipinski definition) is 1. The van der Waals surface area contributed by atoms with Gasteiger partial charge in [0.2, 0.25) is 5.91 Å². The third kappa shape index (κ3) is 4.44. The van der Waals surface area contributed by atoms with Crippen LogP contribution in [-0.2, 0) is 24.3 Å². The largest absolute Gasteiger partial charge is 0.348 e. The second kappa shape index (κ2) is 8.96. The predicted octanol–water partition coefficient (Wildman–Crippen LogP) is 2.77. The number of fused-ring (bicyclic) bond motifs is 1. The Labute approximate surface area is 178 Å². The fraction of sp³-hybridized carbons (Fsp3) is 0.227. The molecular formula is C22H21N5O2S. The van der Waals surface area contributed by atoms with Gasteiger partial charge in [-0.3, -0.25) is 14.6 Å². The molecule has 0 spiro atoms. The van der Waals surface area contributed by atoms with E-state index in [0.29, 0.717) is 31.7 Å². The molecule has 1 aliphatic rings. The summed E-state index contributed by atoms with van der Waals surface area (Å²) >= 11 is 1.17. The van der Waals surface area contributed by atoms with E-state index in [4.69, 9.17) is 0 Å². The SMILES string of the molecule is Cc1ncc2c(c1CNC(=O)C=Cc1ccccc1)CCN(C(=O)c1csnn1)C2. The van der Waals surface area contributed by atoms with Crippen molar-refractivity contribution in [3.8, 4) is 0 Å². The fourth-order valence-electron chi connectivity index (χ4n) is 3.52. The van der Waals surface area contributed by atoms with E-state index in [2.05, 4.69) is 19.9 Å². The molecule has 0 saturated heterocycles. The molecule has 1 aromatic carbocycles. The fourth-order valence-corrected chi connectivity index (χ4v) is 3.95. The maximum absolute atomic E-state index is 12.6. The van der Waals surface area contributed by atoms with E-state index in [1.165, 1.54) is 17.6 Å². The van der Waals surface area contributed by atoms with Crippen LogP contribution in [0.5, 0.6) is 0 Å². The molecule has 3 aromatic rings. The van der Waals surface area contributed by atoms with Gasteiger partial charge in [-0.15, -0.1) is 5.10 Å². The minimum absolute atomic E-state index is 0.115. The van der Waals surface area contributed by atoms with Gasteiger partial charge in [0.05, 0.1) is 0 Å². The van der Waals surface area contributed by atoms with Crippen LogP contribution in [0.1, 0.15) is 38.4 Å². The molecule has 2 amide bonds. The summed E-state index contributed by atoms with van der Waals surface area (Å²) in [5, 5.41) is 8.49. The molecule has 0 unspecified atom stereocenters. The molecule has 8 heteroatoms. The summed E-state index contributed by atoms with van der Waals surface area (Å²) in [6.45, 7) is 3.43. The number of carbonyl (C=O) groups excluding carboxylic acids is 2. The first-order valence-corrected chi connectivity index (χ1v) is 10.5. The third-order valence-electron chi connectivity index (χ3n) is 5.13. The highest BCUT2D eigenvalue weighted by Gasteiger charge is 2.25. The molecule has 0 fully saturated rings. The van der Waals surface area contributed by atoms with Crippen molar-refractivity contribution in [1.82, 2.24) is 24.8 Å². The van der Waals surface area contributed by atoms with Crippen molar-refractivity contribution in [1.29, 1.82) is 0 Å². The maximum Gasteiger partial charge on any atom is 0.275 e. The number of aryl methyl sites for hydroxylation is 1. The Morgan fingerprint density at radius 1 is 1.27 bits per heavy atom. The van der Waals surface area contributed by atoms with Crippen molar-refractivity contribution in [3.05, 3.63) is 81.6 Å². The highest BCUT2D eigenvalue weighted by atomic mass is 32.1. The van der Waals surface area contributed by atoms with E-state index in [1.54, 1.807) is 16.4 Å². The first kappa shape index (κ1) is 19.9. The third-order valence-corrected chi connectivity index (χ3v) is 5.63. The summed E-state index contributed by atoms with van der Waals surface area (Å²) in [7, 11) is 0. The summed E-state index contributed by atoms with van der Waals surface area (Å²) in [6, 6.07) is 9.69. The van der Waals surface area contributed by atoms with Gasteiger partial charge >= 0.3 is 0 Å². The van der Waals surface area contributed by atoms with Crippen LogP contribution in [0.4, 0.5) is 0 Å². The van der Waals surface area contributed by atoms with Gasteiger partial charge in [0.1, 0.15) is 0 Å². The molecule has 30 heavy (non-hydrogen) atoms. The standard InChI is InChI=1S/C22H21N5O2S/c1-15-19(12-24-21(28)8-7-16-5-3-2-4-6-16)18-9-10-27(13-17(18)11-23-15)22(29)20-14-30-26-25-20/h2-8,11,14H,9-10,12-13H2,1H3,(H,24,28). The monoisotopic (exact) mass is 419 g/mol. The molecule has 0 saturated carbocycles. The van der Waals surface area contributed by atoms with Crippen LogP contribution in [0.2, 0.25) is 0 Å². The normalized spacial score (nSPS) is 13.3. The lowest BCUT2D eigenvalue weighted by Crippen LogP contribution is -2.37. The Morgan fingerprint density at radius 3 is 2.87 bits per heavy atom. The molecule has 0 atom stereocenters. The second-order valence-corrected chi connectivity index (χ2v) is 7.66. The zero-order valence-electron chi connectivity index (χ0n) is 16.5. The minimum Gasteiger partial charge on any atom is -0.348 e. The number of hydrogen-bond acceptors (Lipinski definition) is 6. The van der Waals surface area contributed by atoms with Crippen LogP contribution in [-0.4, -0.2) is 37.8 Å². The average Bonchev–Trinajstić information content (AvgIpc) is 3.32. The molecule has 4 rings (SSSR count). The summed E-state index contributed by atoms with van der Waals surface area (Å²) in [4.78, 5) is 31.1. The van der Waals surface area contributed by atoms with E-state index in [-0.39, 0.29) is 11.8 Å². The van der Waals surface area contributed by atoms with Crippen LogP contribution < -0.4 is 5.32 Å². The first-order valence-electron chi connectivity index (χ1n) is 9.65. The summed E-state index contributed by atoms with van der Waals surface area (Å²) in [5.41, 5.74) is 5.44. The van der Waals surface area contributed by atoms with Crippen LogP contribution in [0.25, 0.3) is 6.08 Å². The molecule has 0 bridgehead atoms.